The first-order chi connectivity index (χ1) is 12.2. The van der Waals surface area contributed by atoms with Crippen LogP contribution in [0.1, 0.15) is 16.3 Å². The molecule has 4 rings (SSSR count). The summed E-state index contributed by atoms with van der Waals surface area (Å²) in [6.45, 7) is 0. The van der Waals surface area contributed by atoms with Gasteiger partial charge in [0, 0.05) is 4.88 Å². The van der Waals surface area contributed by atoms with Gasteiger partial charge in [0.2, 0.25) is 4.96 Å². The molecule has 0 aliphatic carbocycles. The van der Waals surface area contributed by atoms with Gasteiger partial charge in [0.05, 0.1) is 11.6 Å². The van der Waals surface area contributed by atoms with Gasteiger partial charge in [0.25, 0.3) is 5.56 Å². The number of rotatable bonds is 4. The Balaban J connectivity index is 1.67. The lowest BCUT2D eigenvalue weighted by Gasteiger charge is -1.98. The summed E-state index contributed by atoms with van der Waals surface area (Å²) in [5, 5.41) is 6.29. The second-order valence-electron chi connectivity index (χ2n) is 5.20. The molecule has 0 saturated heterocycles. The number of benzene rings is 1. The highest BCUT2D eigenvalue weighted by atomic mass is 32.1. The predicted molar refractivity (Wildman–Crippen MR) is 102 cm³/mol. The van der Waals surface area contributed by atoms with Crippen molar-refractivity contribution in [2.24, 2.45) is 0 Å². The lowest BCUT2D eigenvalue weighted by molar-refractivity contribution is 0.415. The summed E-state index contributed by atoms with van der Waals surface area (Å²) in [5.74, 6) is 1.32. The molecule has 3 aromatic heterocycles. The lowest BCUT2D eigenvalue weighted by atomic mass is 10.2. The van der Waals surface area contributed by atoms with E-state index in [2.05, 4.69) is 10.1 Å². The molecule has 7 heteroatoms. The highest BCUT2D eigenvalue weighted by Gasteiger charge is 2.08. The summed E-state index contributed by atoms with van der Waals surface area (Å²) in [5.41, 5.74) is 0.777. The number of thiophene rings is 1. The summed E-state index contributed by atoms with van der Waals surface area (Å²) in [4.78, 5) is 18.6. The minimum atomic E-state index is -0.154. The monoisotopic (exact) mass is 367 g/mol. The minimum absolute atomic E-state index is 0.154. The van der Waals surface area contributed by atoms with Crippen molar-refractivity contribution < 1.29 is 4.74 Å². The molecule has 0 atom stereocenters. The van der Waals surface area contributed by atoms with Crippen molar-refractivity contribution in [3.63, 3.8) is 0 Å². The molecule has 0 saturated carbocycles. The smallest absolute Gasteiger partial charge is 0.291 e. The number of thiazole rings is 1. The molecule has 0 aliphatic heterocycles. The van der Waals surface area contributed by atoms with Gasteiger partial charge in [-0.1, -0.05) is 29.5 Å². The first-order valence-electron chi connectivity index (χ1n) is 7.50. The zero-order valence-corrected chi connectivity index (χ0v) is 14.9. The number of aromatic nitrogens is 3. The quantitative estimate of drug-likeness (QED) is 0.556. The fourth-order valence-corrected chi connectivity index (χ4v) is 3.85. The molecule has 0 amide bonds. The van der Waals surface area contributed by atoms with Crippen molar-refractivity contribution in [2.45, 2.75) is 0 Å². The van der Waals surface area contributed by atoms with E-state index in [1.54, 1.807) is 18.4 Å². The number of ether oxygens (including phenoxy) is 1. The van der Waals surface area contributed by atoms with Crippen LogP contribution >= 0.6 is 22.7 Å². The molecule has 0 spiro atoms. The standard InChI is InChI=1S/C18H13N3O2S2/c1-23-13-6-4-12(5-7-13)11-15-17(22)21-18(25-15)19-16(20-21)9-8-14-3-2-10-24-14/h2-11H,1H3. The number of methoxy groups -OCH3 is 1. The number of hydrogen-bond donors (Lipinski definition) is 0. The van der Waals surface area contributed by atoms with Crippen molar-refractivity contribution >= 4 is 45.9 Å². The van der Waals surface area contributed by atoms with Crippen molar-refractivity contribution in [3.8, 4) is 5.75 Å². The normalized spacial score (nSPS) is 12.4. The Morgan fingerprint density at radius 1 is 1.16 bits per heavy atom. The number of nitrogens with zero attached hydrogens (tertiary/aromatic N) is 3. The zero-order chi connectivity index (χ0) is 17.2. The van der Waals surface area contributed by atoms with E-state index in [4.69, 9.17) is 4.74 Å². The third-order valence-electron chi connectivity index (χ3n) is 3.55. The van der Waals surface area contributed by atoms with E-state index in [9.17, 15) is 4.79 Å². The zero-order valence-electron chi connectivity index (χ0n) is 13.2. The third kappa shape index (κ3) is 3.24. The van der Waals surface area contributed by atoms with Gasteiger partial charge >= 0.3 is 0 Å². The van der Waals surface area contributed by atoms with Gasteiger partial charge in [-0.15, -0.1) is 16.4 Å². The van der Waals surface area contributed by atoms with E-state index in [0.29, 0.717) is 15.3 Å². The van der Waals surface area contributed by atoms with Crippen LogP contribution in [-0.2, 0) is 0 Å². The van der Waals surface area contributed by atoms with Gasteiger partial charge in [-0.2, -0.15) is 9.50 Å². The lowest BCUT2D eigenvalue weighted by Crippen LogP contribution is -2.23. The van der Waals surface area contributed by atoms with Crippen LogP contribution in [-0.4, -0.2) is 21.7 Å². The fraction of sp³-hybridized carbons (Fsp3) is 0.0556. The highest BCUT2D eigenvalue weighted by Crippen LogP contribution is 2.13. The average Bonchev–Trinajstić information content (AvgIpc) is 3.34. The molecule has 4 aromatic rings. The third-order valence-corrected chi connectivity index (χ3v) is 5.35. The van der Waals surface area contributed by atoms with E-state index in [1.807, 2.05) is 60.0 Å². The van der Waals surface area contributed by atoms with Crippen LogP contribution in [0.25, 0.3) is 23.2 Å². The van der Waals surface area contributed by atoms with Crippen LogP contribution in [0.3, 0.4) is 0 Å². The second-order valence-corrected chi connectivity index (χ2v) is 7.19. The van der Waals surface area contributed by atoms with Gasteiger partial charge in [-0.3, -0.25) is 4.79 Å². The van der Waals surface area contributed by atoms with Crippen LogP contribution < -0.4 is 14.8 Å². The van der Waals surface area contributed by atoms with Crippen molar-refractivity contribution in [1.29, 1.82) is 0 Å². The van der Waals surface area contributed by atoms with Crippen LogP contribution in [0, 0.1) is 0 Å². The summed E-state index contributed by atoms with van der Waals surface area (Å²) in [6, 6.07) is 11.5. The molecular formula is C18H13N3O2S2. The molecule has 0 N–H and O–H groups in total. The minimum Gasteiger partial charge on any atom is -0.497 e. The van der Waals surface area contributed by atoms with Crippen LogP contribution in [0.5, 0.6) is 5.75 Å². The molecule has 124 valence electrons. The Bertz CT molecular complexity index is 1140. The molecule has 25 heavy (non-hydrogen) atoms. The van der Waals surface area contributed by atoms with E-state index in [1.165, 1.54) is 15.9 Å². The predicted octanol–water partition coefficient (Wildman–Crippen LogP) is 2.94. The van der Waals surface area contributed by atoms with Crippen molar-refractivity contribution in [1.82, 2.24) is 14.6 Å². The van der Waals surface area contributed by atoms with Crippen molar-refractivity contribution in [3.05, 3.63) is 72.9 Å². The van der Waals surface area contributed by atoms with Gasteiger partial charge in [-0.05, 0) is 47.4 Å². The van der Waals surface area contributed by atoms with E-state index in [-0.39, 0.29) is 5.56 Å². The Kier molecular flexibility index (Phi) is 4.17. The highest BCUT2D eigenvalue weighted by molar-refractivity contribution is 7.15. The molecule has 0 bridgehead atoms. The maximum atomic E-state index is 12.5. The van der Waals surface area contributed by atoms with Gasteiger partial charge < -0.3 is 4.74 Å². The SMILES string of the molecule is COc1ccc(C=c2sc3nc(C=Cc4cccs4)nn3c2=O)cc1. The molecule has 0 aliphatic rings. The number of hydrogen-bond acceptors (Lipinski definition) is 6. The van der Waals surface area contributed by atoms with Gasteiger partial charge in [0.15, 0.2) is 5.82 Å². The Morgan fingerprint density at radius 2 is 2.00 bits per heavy atom. The number of fused-ring (bicyclic) bond motifs is 1. The van der Waals surface area contributed by atoms with E-state index in [0.717, 1.165) is 16.2 Å². The summed E-state index contributed by atoms with van der Waals surface area (Å²) >= 11 is 2.97. The topological polar surface area (TPSA) is 56.5 Å². The molecule has 0 unspecified atom stereocenters. The first-order valence-corrected chi connectivity index (χ1v) is 9.19. The molecule has 0 radical (unpaired) electrons. The van der Waals surface area contributed by atoms with Crippen LogP contribution in [0.4, 0.5) is 0 Å². The van der Waals surface area contributed by atoms with Crippen LogP contribution in [0.15, 0.2) is 46.6 Å². The first kappa shape index (κ1) is 15.7. The van der Waals surface area contributed by atoms with E-state index < -0.39 is 0 Å². The van der Waals surface area contributed by atoms with Crippen molar-refractivity contribution in [2.75, 3.05) is 7.11 Å². The van der Waals surface area contributed by atoms with Gasteiger partial charge in [0.1, 0.15) is 5.75 Å². The maximum Gasteiger partial charge on any atom is 0.291 e. The van der Waals surface area contributed by atoms with E-state index >= 15 is 0 Å². The molecular weight excluding hydrogens is 354 g/mol. The summed E-state index contributed by atoms with van der Waals surface area (Å²) < 4.78 is 7.10. The fourth-order valence-electron chi connectivity index (χ4n) is 2.31. The summed E-state index contributed by atoms with van der Waals surface area (Å²) in [6.07, 6.45) is 5.60. The molecule has 1 aromatic carbocycles. The second kappa shape index (κ2) is 6.62. The average molecular weight is 367 g/mol. The van der Waals surface area contributed by atoms with Gasteiger partial charge in [-0.25, -0.2) is 0 Å². The Hall–Kier alpha value is -2.77. The molecule has 0 fully saturated rings. The van der Waals surface area contributed by atoms with Crippen LogP contribution in [0.2, 0.25) is 0 Å². The molecule has 3 heterocycles. The Labute approximate surface area is 151 Å². The maximum absolute atomic E-state index is 12.5. The Morgan fingerprint density at radius 3 is 2.68 bits per heavy atom. The summed E-state index contributed by atoms with van der Waals surface area (Å²) in [7, 11) is 1.62. The molecule has 5 nitrogen and oxygen atoms in total. The largest absolute Gasteiger partial charge is 0.497 e.